The Labute approximate surface area is 139 Å². The van der Waals surface area contributed by atoms with Gasteiger partial charge in [0.1, 0.15) is 5.82 Å². The lowest BCUT2D eigenvalue weighted by Gasteiger charge is -2.08. The van der Waals surface area contributed by atoms with E-state index in [1.54, 1.807) is 0 Å². The van der Waals surface area contributed by atoms with Crippen LogP contribution in [0.4, 0.5) is 10.1 Å². The molecule has 23 heavy (non-hydrogen) atoms. The fraction of sp³-hybridized carbons (Fsp3) is 0.0625. The van der Waals surface area contributed by atoms with E-state index in [0.29, 0.717) is 15.7 Å². The van der Waals surface area contributed by atoms with Gasteiger partial charge < -0.3 is 5.32 Å². The molecule has 0 radical (unpaired) electrons. The lowest BCUT2D eigenvalue weighted by atomic mass is 10.1. The number of hydrogen-bond donors (Lipinski definition) is 1. The summed E-state index contributed by atoms with van der Waals surface area (Å²) in [5.74, 6) is -1.86. The van der Waals surface area contributed by atoms with E-state index in [0.717, 1.165) is 11.0 Å². The Balaban J connectivity index is 1.90. The first kappa shape index (κ1) is 15.4. The molecule has 7 heteroatoms. The van der Waals surface area contributed by atoms with Crippen LogP contribution in [-0.4, -0.2) is 29.7 Å². The maximum absolute atomic E-state index is 13.3. The van der Waals surface area contributed by atoms with Gasteiger partial charge in [-0.15, -0.1) is 0 Å². The molecule has 1 heterocycles. The number of carbonyl (C=O) groups excluding carboxylic acids is 3. The molecule has 1 aliphatic rings. The molecule has 0 aliphatic carbocycles. The van der Waals surface area contributed by atoms with Crippen LogP contribution in [-0.2, 0) is 0 Å². The van der Waals surface area contributed by atoms with Gasteiger partial charge in [-0.25, -0.2) is 4.39 Å². The highest BCUT2D eigenvalue weighted by atomic mass is 79.9. The monoisotopic (exact) mass is 376 g/mol. The van der Waals surface area contributed by atoms with Crippen molar-refractivity contribution in [2.24, 2.45) is 0 Å². The van der Waals surface area contributed by atoms with Crippen LogP contribution in [0.15, 0.2) is 40.9 Å². The van der Waals surface area contributed by atoms with Crippen LogP contribution in [0.5, 0.6) is 0 Å². The van der Waals surface area contributed by atoms with Crippen molar-refractivity contribution in [1.82, 2.24) is 4.90 Å². The number of anilines is 1. The maximum atomic E-state index is 13.3. The standard InChI is InChI=1S/C16H10BrFN2O3/c1-20-15(22)10-4-3-9(7-11(10)16(20)23)19-14(21)12-6-8(18)2-5-13(12)17/h2-7H,1H3,(H,19,21). The molecule has 116 valence electrons. The minimum atomic E-state index is -0.533. The molecular weight excluding hydrogens is 367 g/mol. The van der Waals surface area contributed by atoms with Gasteiger partial charge in [0.15, 0.2) is 0 Å². The fourth-order valence-corrected chi connectivity index (χ4v) is 2.74. The number of halogens is 2. The zero-order valence-corrected chi connectivity index (χ0v) is 13.5. The Hall–Kier alpha value is -2.54. The van der Waals surface area contributed by atoms with E-state index in [2.05, 4.69) is 21.2 Å². The Morgan fingerprint density at radius 3 is 2.52 bits per heavy atom. The van der Waals surface area contributed by atoms with Gasteiger partial charge in [-0.2, -0.15) is 0 Å². The van der Waals surface area contributed by atoms with E-state index in [1.165, 1.54) is 37.4 Å². The highest BCUT2D eigenvalue weighted by molar-refractivity contribution is 9.10. The fourth-order valence-electron chi connectivity index (χ4n) is 2.31. The molecule has 2 aromatic rings. The molecular formula is C16H10BrFN2O3. The molecule has 3 rings (SSSR count). The van der Waals surface area contributed by atoms with Crippen LogP contribution in [0, 0.1) is 5.82 Å². The Bertz CT molecular complexity index is 866. The third-order valence-electron chi connectivity index (χ3n) is 3.52. The highest BCUT2D eigenvalue weighted by Crippen LogP contribution is 2.26. The van der Waals surface area contributed by atoms with Gasteiger partial charge in [0.25, 0.3) is 17.7 Å². The zero-order valence-electron chi connectivity index (χ0n) is 11.9. The van der Waals surface area contributed by atoms with E-state index in [4.69, 9.17) is 0 Å². The Morgan fingerprint density at radius 1 is 1.09 bits per heavy atom. The van der Waals surface area contributed by atoms with Crippen molar-refractivity contribution in [3.63, 3.8) is 0 Å². The molecule has 1 aliphatic heterocycles. The minimum absolute atomic E-state index is 0.130. The Kier molecular flexibility index (Phi) is 3.73. The molecule has 0 saturated carbocycles. The van der Waals surface area contributed by atoms with E-state index in [1.807, 2.05) is 0 Å². The molecule has 0 aromatic heterocycles. The normalized spacial score (nSPS) is 13.3. The number of amides is 3. The molecule has 0 atom stereocenters. The van der Waals surface area contributed by atoms with Gasteiger partial charge in [0.05, 0.1) is 16.7 Å². The van der Waals surface area contributed by atoms with Crippen LogP contribution in [0.1, 0.15) is 31.1 Å². The van der Waals surface area contributed by atoms with Crippen molar-refractivity contribution < 1.29 is 18.8 Å². The van der Waals surface area contributed by atoms with Gasteiger partial charge in [-0.1, -0.05) is 0 Å². The average Bonchev–Trinajstić information content (AvgIpc) is 2.74. The number of benzene rings is 2. The van der Waals surface area contributed by atoms with Crippen LogP contribution >= 0.6 is 15.9 Å². The first-order valence-electron chi connectivity index (χ1n) is 6.61. The zero-order chi connectivity index (χ0) is 16.7. The predicted molar refractivity (Wildman–Crippen MR) is 84.9 cm³/mol. The molecule has 2 aromatic carbocycles. The molecule has 0 spiro atoms. The minimum Gasteiger partial charge on any atom is -0.322 e. The lowest BCUT2D eigenvalue weighted by Crippen LogP contribution is -2.24. The summed E-state index contributed by atoms with van der Waals surface area (Å²) in [5, 5.41) is 2.59. The number of hydrogen-bond acceptors (Lipinski definition) is 3. The molecule has 5 nitrogen and oxygen atoms in total. The van der Waals surface area contributed by atoms with E-state index < -0.39 is 17.6 Å². The third-order valence-corrected chi connectivity index (χ3v) is 4.21. The number of imide groups is 1. The first-order chi connectivity index (χ1) is 10.9. The van der Waals surface area contributed by atoms with E-state index in [9.17, 15) is 18.8 Å². The Morgan fingerprint density at radius 2 is 1.78 bits per heavy atom. The maximum Gasteiger partial charge on any atom is 0.261 e. The van der Waals surface area contributed by atoms with Gasteiger partial charge in [-0.3, -0.25) is 19.3 Å². The number of nitrogens with zero attached hydrogens (tertiary/aromatic N) is 1. The number of carbonyl (C=O) groups is 3. The summed E-state index contributed by atoms with van der Waals surface area (Å²) < 4.78 is 13.7. The predicted octanol–water partition coefficient (Wildman–Crippen LogP) is 3.07. The SMILES string of the molecule is CN1C(=O)c2ccc(NC(=O)c3cc(F)ccc3Br)cc2C1=O. The molecule has 0 saturated heterocycles. The van der Waals surface area contributed by atoms with Crippen LogP contribution in [0.25, 0.3) is 0 Å². The van der Waals surface area contributed by atoms with Gasteiger partial charge in [0.2, 0.25) is 0 Å². The summed E-state index contributed by atoms with van der Waals surface area (Å²) >= 11 is 3.19. The van der Waals surface area contributed by atoms with Crippen molar-refractivity contribution in [2.75, 3.05) is 12.4 Å². The molecule has 0 bridgehead atoms. The summed E-state index contributed by atoms with van der Waals surface area (Å²) in [5.41, 5.74) is 1.00. The first-order valence-corrected chi connectivity index (χ1v) is 7.40. The van der Waals surface area contributed by atoms with Crippen molar-refractivity contribution >= 4 is 39.3 Å². The molecule has 3 amide bonds. The summed E-state index contributed by atoms with van der Waals surface area (Å²) in [6.07, 6.45) is 0. The van der Waals surface area contributed by atoms with Gasteiger partial charge in [-0.05, 0) is 52.3 Å². The quantitative estimate of drug-likeness (QED) is 0.819. The average molecular weight is 377 g/mol. The van der Waals surface area contributed by atoms with Crippen LogP contribution in [0.2, 0.25) is 0 Å². The smallest absolute Gasteiger partial charge is 0.261 e. The summed E-state index contributed by atoms with van der Waals surface area (Å²) in [4.78, 5) is 37.0. The second kappa shape index (κ2) is 5.58. The van der Waals surface area contributed by atoms with Gasteiger partial charge in [0, 0.05) is 17.2 Å². The second-order valence-electron chi connectivity index (χ2n) is 5.01. The number of rotatable bonds is 2. The van der Waals surface area contributed by atoms with Crippen LogP contribution in [0.3, 0.4) is 0 Å². The molecule has 0 fully saturated rings. The second-order valence-corrected chi connectivity index (χ2v) is 5.86. The summed E-state index contributed by atoms with van der Waals surface area (Å²) in [6.45, 7) is 0. The van der Waals surface area contributed by atoms with E-state index >= 15 is 0 Å². The largest absolute Gasteiger partial charge is 0.322 e. The van der Waals surface area contributed by atoms with Crippen molar-refractivity contribution in [3.8, 4) is 0 Å². The lowest BCUT2D eigenvalue weighted by molar-refractivity contribution is 0.0692. The number of fused-ring (bicyclic) bond motifs is 1. The van der Waals surface area contributed by atoms with Gasteiger partial charge >= 0.3 is 0 Å². The topological polar surface area (TPSA) is 66.5 Å². The summed E-state index contributed by atoms with van der Waals surface area (Å²) in [6, 6.07) is 8.21. The third kappa shape index (κ3) is 2.63. The highest BCUT2D eigenvalue weighted by Gasteiger charge is 2.32. The number of nitrogens with one attached hydrogen (secondary N) is 1. The van der Waals surface area contributed by atoms with Crippen molar-refractivity contribution in [3.05, 3.63) is 63.4 Å². The summed E-state index contributed by atoms with van der Waals surface area (Å²) in [7, 11) is 1.40. The molecule has 1 N–H and O–H groups in total. The van der Waals surface area contributed by atoms with Crippen LogP contribution < -0.4 is 5.32 Å². The van der Waals surface area contributed by atoms with Crippen molar-refractivity contribution in [2.45, 2.75) is 0 Å². The van der Waals surface area contributed by atoms with Crippen molar-refractivity contribution in [1.29, 1.82) is 0 Å². The molecule has 0 unspecified atom stereocenters. The van der Waals surface area contributed by atoms with E-state index in [-0.39, 0.29) is 17.0 Å².